The largest absolute Gasteiger partial charge is 0.337 e. The Morgan fingerprint density at radius 1 is 1.24 bits per heavy atom. The van der Waals surface area contributed by atoms with Crippen molar-refractivity contribution in [2.24, 2.45) is 0 Å². The molecule has 0 aliphatic heterocycles. The lowest BCUT2D eigenvalue weighted by molar-refractivity contribution is 1.09. The second kappa shape index (κ2) is 3.94. The first-order valence-corrected chi connectivity index (χ1v) is 6.32. The van der Waals surface area contributed by atoms with Crippen LogP contribution < -0.4 is 0 Å². The number of rotatable bonds is 1. The zero-order chi connectivity index (χ0) is 12.0. The Morgan fingerprint density at radius 3 is 2.71 bits per heavy atom. The third-order valence-electron chi connectivity index (χ3n) is 2.39. The highest BCUT2D eigenvalue weighted by atomic mass is 35.5. The molecule has 0 aliphatic rings. The predicted octanol–water partition coefficient (Wildman–Crippen LogP) is 3.70. The number of nitrogens with zero attached hydrogens (tertiary/aromatic N) is 3. The Balaban J connectivity index is 2.24. The van der Waals surface area contributed by atoms with E-state index in [2.05, 4.69) is 19.6 Å². The van der Waals surface area contributed by atoms with Gasteiger partial charge in [-0.2, -0.15) is 0 Å². The van der Waals surface area contributed by atoms with Crippen molar-refractivity contribution in [2.75, 3.05) is 0 Å². The number of hydrogen-bond acceptors (Lipinski definition) is 4. The first-order chi connectivity index (χ1) is 8.15. The first kappa shape index (κ1) is 11.0. The maximum absolute atomic E-state index is 5.95. The highest BCUT2D eigenvalue weighted by molar-refractivity contribution is 7.09. The van der Waals surface area contributed by atoms with Crippen LogP contribution in [0.5, 0.6) is 0 Å². The molecule has 2 aromatic heterocycles. The van der Waals surface area contributed by atoms with Gasteiger partial charge in [0.05, 0.1) is 26.8 Å². The monoisotopic (exact) mass is 284 g/mol. The molecule has 0 aliphatic carbocycles. The molecule has 3 rings (SSSR count). The van der Waals surface area contributed by atoms with Crippen molar-refractivity contribution in [3.63, 3.8) is 0 Å². The Morgan fingerprint density at radius 2 is 2.00 bits per heavy atom. The van der Waals surface area contributed by atoms with Gasteiger partial charge in [0, 0.05) is 0 Å². The normalized spacial score (nSPS) is 11.2. The molecule has 2 heterocycles. The Hall–Kier alpha value is -1.17. The quantitative estimate of drug-likeness (QED) is 0.741. The van der Waals surface area contributed by atoms with Gasteiger partial charge in [-0.05, 0) is 30.6 Å². The summed E-state index contributed by atoms with van der Waals surface area (Å²) in [5.74, 6) is 0.742. The van der Waals surface area contributed by atoms with Crippen LogP contribution in [0.3, 0.4) is 0 Å². The maximum atomic E-state index is 5.95. The van der Waals surface area contributed by atoms with Crippen molar-refractivity contribution in [2.45, 2.75) is 6.92 Å². The summed E-state index contributed by atoms with van der Waals surface area (Å²) in [6.07, 6.45) is 0. The number of nitrogens with one attached hydrogen (secondary N) is 1. The third kappa shape index (κ3) is 1.80. The number of aromatic nitrogens is 4. The van der Waals surface area contributed by atoms with Crippen LogP contribution in [0.4, 0.5) is 0 Å². The van der Waals surface area contributed by atoms with E-state index in [4.69, 9.17) is 23.2 Å². The second-order valence-corrected chi connectivity index (χ2v) is 5.12. The third-order valence-corrected chi connectivity index (χ3v) is 3.95. The van der Waals surface area contributed by atoms with Crippen molar-refractivity contribution in [3.05, 3.63) is 27.9 Å². The van der Waals surface area contributed by atoms with Crippen LogP contribution in [0.1, 0.15) is 5.69 Å². The average molecular weight is 285 g/mol. The van der Waals surface area contributed by atoms with Crippen LogP contribution in [-0.2, 0) is 0 Å². The number of halogens is 2. The summed E-state index contributed by atoms with van der Waals surface area (Å²) in [5.41, 5.74) is 2.48. The molecule has 0 radical (unpaired) electrons. The Bertz CT molecular complexity index is 664. The summed E-state index contributed by atoms with van der Waals surface area (Å²) in [6.45, 7) is 1.89. The molecule has 4 nitrogen and oxygen atoms in total. The Labute approximate surface area is 111 Å². The van der Waals surface area contributed by atoms with Crippen LogP contribution >= 0.6 is 34.7 Å². The predicted molar refractivity (Wildman–Crippen MR) is 69.8 cm³/mol. The lowest BCUT2D eigenvalue weighted by atomic mass is 10.3. The Kier molecular flexibility index (Phi) is 2.54. The van der Waals surface area contributed by atoms with Crippen LogP contribution in [0.2, 0.25) is 10.0 Å². The van der Waals surface area contributed by atoms with E-state index in [1.54, 1.807) is 12.1 Å². The number of hydrogen-bond donors (Lipinski definition) is 1. The molecule has 86 valence electrons. The summed E-state index contributed by atoms with van der Waals surface area (Å²) in [4.78, 5) is 8.56. The van der Waals surface area contributed by atoms with E-state index in [0.717, 1.165) is 27.4 Å². The first-order valence-electron chi connectivity index (χ1n) is 4.79. The van der Waals surface area contributed by atoms with E-state index in [1.807, 2.05) is 6.92 Å². The smallest absolute Gasteiger partial charge is 0.152 e. The number of aromatic amines is 1. The van der Waals surface area contributed by atoms with E-state index in [0.29, 0.717) is 10.0 Å². The number of H-pyrrole nitrogens is 1. The minimum Gasteiger partial charge on any atom is -0.337 e. The van der Waals surface area contributed by atoms with Gasteiger partial charge >= 0.3 is 0 Å². The fraction of sp³-hybridized carbons (Fsp3) is 0.100. The highest BCUT2D eigenvalue weighted by Gasteiger charge is 2.12. The van der Waals surface area contributed by atoms with Crippen LogP contribution in [0.25, 0.3) is 21.7 Å². The molecule has 7 heteroatoms. The van der Waals surface area contributed by atoms with Gasteiger partial charge in [0.1, 0.15) is 4.88 Å². The van der Waals surface area contributed by atoms with Gasteiger partial charge in [0.15, 0.2) is 5.82 Å². The molecule has 1 N–H and O–H groups in total. The molecule has 0 amide bonds. The molecule has 0 fully saturated rings. The van der Waals surface area contributed by atoms with Gasteiger partial charge in [-0.15, -0.1) is 5.10 Å². The second-order valence-electron chi connectivity index (χ2n) is 3.56. The van der Waals surface area contributed by atoms with E-state index < -0.39 is 0 Å². The topological polar surface area (TPSA) is 54.5 Å². The zero-order valence-corrected chi connectivity index (χ0v) is 11.0. The van der Waals surface area contributed by atoms with E-state index >= 15 is 0 Å². The summed E-state index contributed by atoms with van der Waals surface area (Å²) >= 11 is 13.2. The van der Waals surface area contributed by atoms with Crippen LogP contribution in [-0.4, -0.2) is 19.6 Å². The van der Waals surface area contributed by atoms with Crippen molar-refractivity contribution < 1.29 is 0 Å². The minimum absolute atomic E-state index is 0.497. The molecule has 0 spiro atoms. The molecule has 0 unspecified atom stereocenters. The summed E-state index contributed by atoms with van der Waals surface area (Å²) in [7, 11) is 0. The standard InChI is InChI=1S/C10H6Cl2N4S/c1-4-9(17-16-15-4)10-13-7-2-5(11)6(12)3-8(7)14-10/h2-3H,1H3,(H,13,14). The molecule has 0 atom stereocenters. The van der Waals surface area contributed by atoms with E-state index in [-0.39, 0.29) is 0 Å². The molecule has 0 bridgehead atoms. The lowest BCUT2D eigenvalue weighted by Crippen LogP contribution is -1.79. The lowest BCUT2D eigenvalue weighted by Gasteiger charge is -1.93. The summed E-state index contributed by atoms with van der Waals surface area (Å²) < 4.78 is 3.88. The molecular weight excluding hydrogens is 279 g/mol. The molecule has 3 aromatic rings. The zero-order valence-electron chi connectivity index (χ0n) is 8.66. The number of imidazole rings is 1. The number of benzene rings is 1. The van der Waals surface area contributed by atoms with Crippen molar-refractivity contribution >= 4 is 45.8 Å². The van der Waals surface area contributed by atoms with Gasteiger partial charge in [-0.3, -0.25) is 0 Å². The maximum Gasteiger partial charge on any atom is 0.152 e. The van der Waals surface area contributed by atoms with Gasteiger partial charge < -0.3 is 4.98 Å². The van der Waals surface area contributed by atoms with Gasteiger partial charge in [-0.25, -0.2) is 4.98 Å². The molecule has 0 saturated carbocycles. The van der Waals surface area contributed by atoms with Gasteiger partial charge in [-0.1, -0.05) is 27.7 Å². The average Bonchev–Trinajstić information content (AvgIpc) is 2.85. The van der Waals surface area contributed by atoms with E-state index in [1.165, 1.54) is 11.5 Å². The van der Waals surface area contributed by atoms with Crippen molar-refractivity contribution in [1.82, 2.24) is 19.6 Å². The van der Waals surface area contributed by atoms with Gasteiger partial charge in [0.2, 0.25) is 0 Å². The van der Waals surface area contributed by atoms with E-state index in [9.17, 15) is 0 Å². The minimum atomic E-state index is 0.497. The molecular formula is C10H6Cl2N4S. The summed E-state index contributed by atoms with van der Waals surface area (Å²) in [5, 5.41) is 4.96. The SMILES string of the molecule is Cc1nnsc1-c1nc2cc(Cl)c(Cl)cc2[nH]1. The van der Waals surface area contributed by atoms with Crippen molar-refractivity contribution in [1.29, 1.82) is 0 Å². The number of aryl methyl sites for hydroxylation is 1. The molecule has 17 heavy (non-hydrogen) atoms. The highest BCUT2D eigenvalue weighted by Crippen LogP contribution is 2.30. The van der Waals surface area contributed by atoms with Gasteiger partial charge in [0.25, 0.3) is 0 Å². The van der Waals surface area contributed by atoms with Crippen LogP contribution in [0.15, 0.2) is 12.1 Å². The molecule has 0 saturated heterocycles. The molecule has 1 aromatic carbocycles. The fourth-order valence-electron chi connectivity index (χ4n) is 1.56. The fourth-order valence-corrected chi connectivity index (χ4v) is 2.48. The van der Waals surface area contributed by atoms with Crippen LogP contribution in [0, 0.1) is 6.92 Å². The van der Waals surface area contributed by atoms with Crippen molar-refractivity contribution in [3.8, 4) is 10.7 Å². The number of fused-ring (bicyclic) bond motifs is 1. The summed E-state index contributed by atoms with van der Waals surface area (Å²) in [6, 6.07) is 3.50.